The Morgan fingerprint density at radius 3 is 2.76 bits per heavy atom. The molecule has 0 bridgehead atoms. The van der Waals surface area contributed by atoms with Gasteiger partial charge in [-0.3, -0.25) is 0 Å². The molecule has 0 aliphatic rings. The van der Waals surface area contributed by atoms with Crippen LogP contribution in [0.25, 0.3) is 0 Å². The van der Waals surface area contributed by atoms with Gasteiger partial charge in [0.05, 0.1) is 11.6 Å². The van der Waals surface area contributed by atoms with Gasteiger partial charge in [-0.25, -0.2) is 0 Å². The van der Waals surface area contributed by atoms with Crippen LogP contribution < -0.4 is 10.5 Å². The molecule has 0 aliphatic carbocycles. The summed E-state index contributed by atoms with van der Waals surface area (Å²) in [5.74, 6) is 0.946. The van der Waals surface area contributed by atoms with Crippen LogP contribution >= 0.6 is 11.6 Å². The third kappa shape index (κ3) is 4.54. The zero-order valence-corrected chi connectivity index (χ0v) is 10.9. The SMILES string of the molecule is Cc1cccc(Cl)c1OCC[C@@H](CO)CCN. The topological polar surface area (TPSA) is 55.5 Å². The Bertz CT molecular complexity index is 324. The second kappa shape index (κ2) is 7.54. The Hall–Kier alpha value is -0.770. The second-order valence-electron chi connectivity index (χ2n) is 4.15. The van der Waals surface area contributed by atoms with Crippen LogP contribution in [0.15, 0.2) is 18.2 Å². The lowest BCUT2D eigenvalue weighted by atomic mass is 10.0. The second-order valence-corrected chi connectivity index (χ2v) is 4.56. The molecule has 3 nitrogen and oxygen atoms in total. The fraction of sp³-hybridized carbons (Fsp3) is 0.538. The van der Waals surface area contributed by atoms with E-state index in [1.807, 2.05) is 25.1 Å². The molecule has 1 atom stereocenters. The number of rotatable bonds is 7. The van der Waals surface area contributed by atoms with E-state index in [-0.39, 0.29) is 12.5 Å². The molecule has 0 spiro atoms. The van der Waals surface area contributed by atoms with Crippen LogP contribution in [-0.4, -0.2) is 24.9 Å². The van der Waals surface area contributed by atoms with Gasteiger partial charge in [-0.15, -0.1) is 0 Å². The number of hydrogen-bond donors (Lipinski definition) is 2. The number of halogens is 1. The summed E-state index contributed by atoms with van der Waals surface area (Å²) in [6, 6.07) is 5.67. The van der Waals surface area contributed by atoms with E-state index in [0.29, 0.717) is 18.2 Å². The molecule has 96 valence electrons. The van der Waals surface area contributed by atoms with Gasteiger partial charge in [-0.2, -0.15) is 0 Å². The van der Waals surface area contributed by atoms with E-state index >= 15 is 0 Å². The normalized spacial score (nSPS) is 12.5. The van der Waals surface area contributed by atoms with Gasteiger partial charge in [-0.05, 0) is 43.9 Å². The Morgan fingerprint density at radius 2 is 2.18 bits per heavy atom. The number of ether oxygens (including phenoxy) is 1. The van der Waals surface area contributed by atoms with Crippen molar-refractivity contribution in [2.24, 2.45) is 11.7 Å². The number of aryl methyl sites for hydroxylation is 1. The van der Waals surface area contributed by atoms with Crippen molar-refractivity contribution in [1.29, 1.82) is 0 Å². The van der Waals surface area contributed by atoms with Crippen molar-refractivity contribution < 1.29 is 9.84 Å². The molecule has 0 heterocycles. The first-order valence-electron chi connectivity index (χ1n) is 5.88. The average Bonchev–Trinajstić information content (AvgIpc) is 2.31. The quantitative estimate of drug-likeness (QED) is 0.789. The Kier molecular flexibility index (Phi) is 6.34. The van der Waals surface area contributed by atoms with Crippen molar-refractivity contribution in [3.05, 3.63) is 28.8 Å². The van der Waals surface area contributed by atoms with Crippen LogP contribution in [0.3, 0.4) is 0 Å². The minimum atomic E-state index is 0.155. The van der Waals surface area contributed by atoms with Gasteiger partial charge in [-0.1, -0.05) is 23.7 Å². The van der Waals surface area contributed by atoms with Crippen LogP contribution in [0.1, 0.15) is 18.4 Å². The van der Waals surface area contributed by atoms with Crippen LogP contribution in [0.5, 0.6) is 5.75 Å². The van der Waals surface area contributed by atoms with Gasteiger partial charge < -0.3 is 15.6 Å². The van der Waals surface area contributed by atoms with Gasteiger partial charge in [0.1, 0.15) is 5.75 Å². The standard InChI is InChI=1S/C13H20ClNO2/c1-10-3-2-4-12(14)13(10)17-8-6-11(9-16)5-7-15/h2-4,11,16H,5-9,15H2,1H3/t11-/m0/s1. The lowest BCUT2D eigenvalue weighted by Crippen LogP contribution is -2.15. The molecule has 1 rings (SSSR count). The van der Waals surface area contributed by atoms with E-state index in [1.54, 1.807) is 0 Å². The fourth-order valence-corrected chi connectivity index (χ4v) is 1.97. The highest BCUT2D eigenvalue weighted by Crippen LogP contribution is 2.28. The molecule has 0 amide bonds. The summed E-state index contributed by atoms with van der Waals surface area (Å²) in [4.78, 5) is 0. The lowest BCUT2D eigenvalue weighted by molar-refractivity contribution is 0.185. The molecule has 0 aromatic heterocycles. The van der Waals surface area contributed by atoms with Gasteiger partial charge in [0, 0.05) is 6.61 Å². The maximum absolute atomic E-state index is 9.13. The van der Waals surface area contributed by atoms with E-state index in [9.17, 15) is 0 Å². The lowest BCUT2D eigenvalue weighted by Gasteiger charge is -2.15. The van der Waals surface area contributed by atoms with Crippen LogP contribution in [0, 0.1) is 12.8 Å². The van der Waals surface area contributed by atoms with Gasteiger partial charge in [0.25, 0.3) is 0 Å². The van der Waals surface area contributed by atoms with E-state index in [4.69, 9.17) is 27.2 Å². The van der Waals surface area contributed by atoms with Crippen molar-refractivity contribution in [2.45, 2.75) is 19.8 Å². The zero-order chi connectivity index (χ0) is 12.7. The van der Waals surface area contributed by atoms with Gasteiger partial charge in [0.15, 0.2) is 0 Å². The summed E-state index contributed by atoms with van der Waals surface area (Å²) in [6.45, 7) is 3.26. The third-order valence-corrected chi connectivity index (χ3v) is 3.07. The molecular formula is C13H20ClNO2. The number of nitrogens with two attached hydrogens (primary N) is 1. The summed E-state index contributed by atoms with van der Waals surface area (Å²) < 4.78 is 5.66. The minimum absolute atomic E-state index is 0.155. The predicted octanol–water partition coefficient (Wildman–Crippen LogP) is 2.37. The first-order chi connectivity index (χ1) is 8.19. The van der Waals surface area contributed by atoms with Gasteiger partial charge >= 0.3 is 0 Å². The molecule has 0 saturated carbocycles. The van der Waals surface area contributed by atoms with E-state index in [2.05, 4.69) is 0 Å². The van der Waals surface area contributed by atoms with E-state index in [1.165, 1.54) is 0 Å². The molecule has 0 radical (unpaired) electrons. The van der Waals surface area contributed by atoms with Gasteiger partial charge in [0.2, 0.25) is 0 Å². The number of aliphatic hydroxyl groups excluding tert-OH is 1. The van der Waals surface area contributed by atoms with Crippen molar-refractivity contribution in [3.63, 3.8) is 0 Å². The summed E-state index contributed by atoms with van der Waals surface area (Å²) in [7, 11) is 0. The Morgan fingerprint density at radius 1 is 1.41 bits per heavy atom. The summed E-state index contributed by atoms with van der Waals surface area (Å²) in [6.07, 6.45) is 1.61. The molecule has 0 fully saturated rings. The maximum Gasteiger partial charge on any atom is 0.140 e. The largest absolute Gasteiger partial charge is 0.492 e. The van der Waals surface area contributed by atoms with Crippen LogP contribution in [0.2, 0.25) is 5.02 Å². The monoisotopic (exact) mass is 257 g/mol. The molecule has 0 unspecified atom stereocenters. The zero-order valence-electron chi connectivity index (χ0n) is 10.2. The first kappa shape index (κ1) is 14.3. The molecule has 17 heavy (non-hydrogen) atoms. The van der Waals surface area contributed by atoms with Crippen LogP contribution in [-0.2, 0) is 0 Å². The highest BCUT2D eigenvalue weighted by Gasteiger charge is 2.09. The highest BCUT2D eigenvalue weighted by atomic mass is 35.5. The van der Waals surface area contributed by atoms with E-state index in [0.717, 1.165) is 24.2 Å². The number of para-hydroxylation sites is 1. The molecular weight excluding hydrogens is 238 g/mol. The predicted molar refractivity (Wildman–Crippen MR) is 70.5 cm³/mol. The van der Waals surface area contributed by atoms with Crippen LogP contribution in [0.4, 0.5) is 0 Å². The highest BCUT2D eigenvalue weighted by molar-refractivity contribution is 6.32. The first-order valence-corrected chi connectivity index (χ1v) is 6.25. The third-order valence-electron chi connectivity index (χ3n) is 2.77. The summed E-state index contributed by atoms with van der Waals surface area (Å²) in [5, 5.41) is 9.76. The molecule has 4 heteroatoms. The van der Waals surface area contributed by atoms with Crippen molar-refractivity contribution >= 4 is 11.6 Å². The molecule has 0 saturated heterocycles. The molecule has 1 aromatic carbocycles. The molecule has 1 aromatic rings. The van der Waals surface area contributed by atoms with Crippen molar-refractivity contribution in [2.75, 3.05) is 19.8 Å². The fourth-order valence-electron chi connectivity index (χ4n) is 1.69. The molecule has 0 aliphatic heterocycles. The molecule has 3 N–H and O–H groups in total. The van der Waals surface area contributed by atoms with Crippen molar-refractivity contribution in [1.82, 2.24) is 0 Å². The Balaban J connectivity index is 2.45. The summed E-state index contributed by atoms with van der Waals surface area (Å²) >= 11 is 6.05. The Labute approximate surface area is 108 Å². The minimum Gasteiger partial charge on any atom is -0.492 e. The number of aliphatic hydroxyl groups is 1. The van der Waals surface area contributed by atoms with E-state index < -0.39 is 0 Å². The smallest absolute Gasteiger partial charge is 0.140 e. The van der Waals surface area contributed by atoms with Crippen molar-refractivity contribution in [3.8, 4) is 5.75 Å². The average molecular weight is 258 g/mol. The number of hydrogen-bond acceptors (Lipinski definition) is 3. The number of benzene rings is 1. The summed E-state index contributed by atoms with van der Waals surface area (Å²) in [5.41, 5.74) is 6.49. The maximum atomic E-state index is 9.13.